The number of fused-ring (bicyclic) bond motifs is 3. The monoisotopic (exact) mass is 354 g/mol. The van der Waals surface area contributed by atoms with Gasteiger partial charge in [0.05, 0.1) is 17.1 Å². The van der Waals surface area contributed by atoms with E-state index in [4.69, 9.17) is 4.98 Å². The average molecular weight is 354 g/mol. The zero-order valence-electron chi connectivity index (χ0n) is 15.6. The highest BCUT2D eigenvalue weighted by molar-refractivity contribution is 5.83. The smallest absolute Gasteiger partial charge is 0.127 e. The fourth-order valence-corrected chi connectivity index (χ4v) is 4.05. The molecule has 0 bridgehead atoms. The quantitative estimate of drug-likeness (QED) is 0.535. The first-order chi connectivity index (χ1) is 13.2. The highest BCUT2D eigenvalue weighted by Gasteiger charge is 2.27. The Morgan fingerprint density at radius 3 is 2.52 bits per heavy atom. The largest absolute Gasteiger partial charge is 0.363 e. The van der Waals surface area contributed by atoms with Gasteiger partial charge in [-0.15, -0.1) is 0 Å². The molecule has 0 fully saturated rings. The fraction of sp³-hybridized carbons (Fsp3) is 0.217. The Hall–Kier alpha value is -3.14. The maximum atomic E-state index is 4.88. The molecule has 27 heavy (non-hydrogen) atoms. The van der Waals surface area contributed by atoms with E-state index in [1.165, 1.54) is 22.5 Å². The molecule has 5 rings (SSSR count). The third-order valence-electron chi connectivity index (χ3n) is 5.44. The molecule has 1 atom stereocenters. The summed E-state index contributed by atoms with van der Waals surface area (Å²) in [4.78, 5) is 11.5. The molecular weight excluding hydrogens is 332 g/mol. The van der Waals surface area contributed by atoms with Crippen LogP contribution in [-0.2, 0) is 6.42 Å². The van der Waals surface area contributed by atoms with Crippen molar-refractivity contribution >= 4 is 16.9 Å². The molecule has 4 heteroatoms. The van der Waals surface area contributed by atoms with Crippen molar-refractivity contribution < 1.29 is 0 Å². The minimum Gasteiger partial charge on any atom is -0.363 e. The van der Waals surface area contributed by atoms with Crippen LogP contribution in [0, 0.1) is 0 Å². The Morgan fingerprint density at radius 1 is 0.963 bits per heavy atom. The van der Waals surface area contributed by atoms with Gasteiger partial charge in [-0.2, -0.15) is 0 Å². The number of hydrogen-bond acceptors (Lipinski definition) is 3. The molecular formula is C23H22N4. The third kappa shape index (κ3) is 2.69. The average Bonchev–Trinajstić information content (AvgIpc) is 3.27. The maximum Gasteiger partial charge on any atom is 0.127 e. The number of imidazole rings is 1. The van der Waals surface area contributed by atoms with Crippen molar-refractivity contribution in [3.63, 3.8) is 0 Å². The van der Waals surface area contributed by atoms with Gasteiger partial charge in [-0.3, -0.25) is 0 Å². The van der Waals surface area contributed by atoms with Gasteiger partial charge in [0.25, 0.3) is 0 Å². The summed E-state index contributed by atoms with van der Waals surface area (Å²) in [5.74, 6) is 2.16. The minimum absolute atomic E-state index is 0.371. The first-order valence-corrected chi connectivity index (χ1v) is 9.40. The van der Waals surface area contributed by atoms with Gasteiger partial charge in [-0.1, -0.05) is 36.4 Å². The van der Waals surface area contributed by atoms with Crippen molar-refractivity contribution in [3.05, 3.63) is 78.2 Å². The van der Waals surface area contributed by atoms with Gasteiger partial charge in [0.1, 0.15) is 11.6 Å². The first-order valence-electron chi connectivity index (χ1n) is 9.40. The molecule has 4 aromatic rings. The van der Waals surface area contributed by atoms with Crippen molar-refractivity contribution in [2.45, 2.75) is 18.9 Å². The highest BCUT2D eigenvalue weighted by Crippen LogP contribution is 2.36. The van der Waals surface area contributed by atoms with Gasteiger partial charge in [-0.05, 0) is 41.8 Å². The van der Waals surface area contributed by atoms with Crippen molar-refractivity contribution in [2.75, 3.05) is 19.0 Å². The summed E-state index contributed by atoms with van der Waals surface area (Å²) in [5, 5.41) is 0. The maximum absolute atomic E-state index is 4.88. The predicted molar refractivity (Wildman–Crippen MR) is 110 cm³/mol. The topological polar surface area (TPSA) is 34.0 Å². The van der Waals surface area contributed by atoms with Crippen LogP contribution in [0.1, 0.15) is 23.9 Å². The van der Waals surface area contributed by atoms with Crippen molar-refractivity contribution in [2.24, 2.45) is 0 Å². The highest BCUT2D eigenvalue weighted by atomic mass is 15.1. The van der Waals surface area contributed by atoms with Gasteiger partial charge in [0.15, 0.2) is 0 Å². The molecule has 2 aromatic carbocycles. The number of rotatable bonds is 3. The van der Waals surface area contributed by atoms with Crippen LogP contribution in [0.25, 0.3) is 22.2 Å². The second kappa shape index (κ2) is 6.23. The van der Waals surface area contributed by atoms with Gasteiger partial charge < -0.3 is 9.47 Å². The fourth-order valence-electron chi connectivity index (χ4n) is 4.05. The van der Waals surface area contributed by atoms with E-state index in [1.54, 1.807) is 0 Å². The summed E-state index contributed by atoms with van der Waals surface area (Å²) in [5.41, 5.74) is 5.96. The first kappa shape index (κ1) is 16.1. The Labute approximate surface area is 159 Å². The van der Waals surface area contributed by atoms with E-state index in [0.29, 0.717) is 6.04 Å². The lowest BCUT2D eigenvalue weighted by Crippen LogP contribution is -2.10. The number of benzene rings is 2. The molecule has 0 aliphatic carbocycles. The van der Waals surface area contributed by atoms with Crippen LogP contribution in [0.4, 0.5) is 5.82 Å². The van der Waals surface area contributed by atoms with Crippen molar-refractivity contribution in [1.29, 1.82) is 0 Å². The van der Waals surface area contributed by atoms with Crippen LogP contribution < -0.4 is 4.90 Å². The summed E-state index contributed by atoms with van der Waals surface area (Å²) < 4.78 is 2.43. The number of nitrogens with zero attached hydrogens (tertiary/aromatic N) is 4. The van der Waals surface area contributed by atoms with Gasteiger partial charge >= 0.3 is 0 Å². The molecule has 0 radical (unpaired) electrons. The SMILES string of the molecule is CN(C)c1ccc(-c2ccc3nc4n(c3c2)C(c2ccccc2)CC4)cn1. The molecule has 0 saturated heterocycles. The second-order valence-corrected chi connectivity index (χ2v) is 7.37. The molecule has 134 valence electrons. The summed E-state index contributed by atoms with van der Waals surface area (Å²) >= 11 is 0. The van der Waals surface area contributed by atoms with E-state index in [-0.39, 0.29) is 0 Å². The van der Waals surface area contributed by atoms with E-state index in [2.05, 4.69) is 70.2 Å². The third-order valence-corrected chi connectivity index (χ3v) is 5.44. The summed E-state index contributed by atoms with van der Waals surface area (Å²) in [7, 11) is 4.01. The number of pyridine rings is 1. The van der Waals surface area contributed by atoms with Gasteiger partial charge in [0.2, 0.25) is 0 Å². The molecule has 1 aliphatic rings. The van der Waals surface area contributed by atoms with Crippen LogP contribution in [0.5, 0.6) is 0 Å². The Kier molecular flexibility index (Phi) is 3.71. The van der Waals surface area contributed by atoms with E-state index < -0.39 is 0 Å². The standard InChI is InChI=1S/C23H22N4/c1-26(2)22-12-9-18(15-24-22)17-8-10-19-21(14-17)27-20(11-13-23(27)25-19)16-6-4-3-5-7-16/h3-10,12,14-15,20H,11,13H2,1-2H3. The number of aromatic nitrogens is 3. The number of anilines is 1. The molecule has 4 nitrogen and oxygen atoms in total. The molecule has 0 saturated carbocycles. The van der Waals surface area contributed by atoms with E-state index in [9.17, 15) is 0 Å². The van der Waals surface area contributed by atoms with Crippen LogP contribution >= 0.6 is 0 Å². The molecule has 0 amide bonds. The zero-order valence-corrected chi connectivity index (χ0v) is 15.6. The zero-order chi connectivity index (χ0) is 18.4. The molecule has 1 aliphatic heterocycles. The van der Waals surface area contributed by atoms with E-state index in [0.717, 1.165) is 29.7 Å². The lowest BCUT2D eigenvalue weighted by Gasteiger charge is -2.15. The van der Waals surface area contributed by atoms with Crippen LogP contribution in [0.2, 0.25) is 0 Å². The van der Waals surface area contributed by atoms with Gasteiger partial charge in [-0.25, -0.2) is 9.97 Å². The van der Waals surface area contributed by atoms with Crippen molar-refractivity contribution in [3.8, 4) is 11.1 Å². The summed E-state index contributed by atoms with van der Waals surface area (Å²) in [6.45, 7) is 0. The van der Waals surface area contributed by atoms with Crippen LogP contribution in [-0.4, -0.2) is 28.6 Å². The molecule has 0 N–H and O–H groups in total. The Balaban J connectivity index is 1.60. The normalized spacial score (nSPS) is 15.9. The van der Waals surface area contributed by atoms with Crippen LogP contribution in [0.15, 0.2) is 66.9 Å². The van der Waals surface area contributed by atoms with Crippen molar-refractivity contribution in [1.82, 2.24) is 14.5 Å². The lowest BCUT2D eigenvalue weighted by molar-refractivity contribution is 0.637. The molecule has 2 aromatic heterocycles. The molecule has 1 unspecified atom stereocenters. The molecule has 3 heterocycles. The minimum atomic E-state index is 0.371. The Bertz CT molecular complexity index is 1090. The molecule has 0 spiro atoms. The van der Waals surface area contributed by atoms with Crippen LogP contribution in [0.3, 0.4) is 0 Å². The second-order valence-electron chi connectivity index (χ2n) is 7.37. The van der Waals surface area contributed by atoms with E-state index >= 15 is 0 Å². The lowest BCUT2D eigenvalue weighted by atomic mass is 10.0. The van der Waals surface area contributed by atoms with E-state index in [1.807, 2.05) is 25.2 Å². The Morgan fingerprint density at radius 2 is 1.78 bits per heavy atom. The summed E-state index contributed by atoms with van der Waals surface area (Å²) in [6, 6.07) is 21.9. The predicted octanol–water partition coefficient (Wildman–Crippen LogP) is 4.70. The number of hydrogen-bond donors (Lipinski definition) is 0. The summed E-state index contributed by atoms with van der Waals surface area (Å²) in [6.07, 6.45) is 4.10. The number of aryl methyl sites for hydroxylation is 1. The van der Waals surface area contributed by atoms with Gasteiger partial charge in [0, 0.05) is 32.3 Å².